The molecule has 0 spiro atoms. The Morgan fingerprint density at radius 2 is 2.03 bits per heavy atom. The molecule has 0 radical (unpaired) electrons. The number of nitrogens with zero attached hydrogens (tertiary/aromatic N) is 1. The normalized spacial score (nSPS) is 15.9. The molecule has 1 aromatic rings. The highest BCUT2D eigenvalue weighted by Crippen LogP contribution is 2.41. The Labute approximate surface area is 179 Å². The Balaban J connectivity index is 1.84. The summed E-state index contributed by atoms with van der Waals surface area (Å²) in [6.45, 7) is 6.86. The van der Waals surface area contributed by atoms with Crippen molar-refractivity contribution in [1.82, 2.24) is 10.6 Å². The van der Waals surface area contributed by atoms with Crippen LogP contribution in [0.2, 0.25) is 5.02 Å². The van der Waals surface area contributed by atoms with Gasteiger partial charge in [0.1, 0.15) is 0 Å². The van der Waals surface area contributed by atoms with Gasteiger partial charge in [-0.3, -0.25) is 9.79 Å². The van der Waals surface area contributed by atoms with E-state index in [1.165, 1.54) is 25.7 Å². The molecule has 0 heterocycles. The number of hydrogen-bond donors (Lipinski definition) is 3. The maximum absolute atomic E-state index is 12.2. The zero-order chi connectivity index (χ0) is 21.1. The molecule has 1 amide bonds. The highest BCUT2D eigenvalue weighted by molar-refractivity contribution is 6.33. The Morgan fingerprint density at radius 1 is 1.28 bits per heavy atom. The zero-order valence-electron chi connectivity index (χ0n) is 17.9. The maximum atomic E-state index is 12.2. The lowest BCUT2D eigenvalue weighted by atomic mass is 9.83. The van der Waals surface area contributed by atoms with Crippen LogP contribution in [0, 0.1) is 12.3 Å². The van der Waals surface area contributed by atoms with Crippen LogP contribution in [0.5, 0.6) is 0 Å². The molecule has 3 N–H and O–H groups in total. The van der Waals surface area contributed by atoms with Crippen molar-refractivity contribution in [2.24, 2.45) is 10.4 Å². The van der Waals surface area contributed by atoms with E-state index in [2.05, 4.69) is 16.0 Å². The van der Waals surface area contributed by atoms with Crippen molar-refractivity contribution < 1.29 is 9.53 Å². The number of ether oxygens (including phenoxy) is 1. The number of halogens is 1. The fourth-order valence-corrected chi connectivity index (χ4v) is 4.03. The SMILES string of the molecule is CCNC(=NCC1(CCOC)CCCC1)NCCC(=O)Nc1ccc(C)cc1Cl. The highest BCUT2D eigenvalue weighted by atomic mass is 35.5. The summed E-state index contributed by atoms with van der Waals surface area (Å²) in [5.74, 6) is 0.684. The summed E-state index contributed by atoms with van der Waals surface area (Å²) in [6, 6.07) is 5.60. The first-order chi connectivity index (χ1) is 14.0. The molecule has 1 aliphatic rings. The first-order valence-corrected chi connectivity index (χ1v) is 10.9. The molecule has 2 rings (SSSR count). The lowest BCUT2D eigenvalue weighted by Crippen LogP contribution is -2.39. The molecule has 0 unspecified atom stereocenters. The highest BCUT2D eigenvalue weighted by Gasteiger charge is 2.33. The lowest BCUT2D eigenvalue weighted by Gasteiger charge is -2.27. The van der Waals surface area contributed by atoms with Crippen LogP contribution in [0.4, 0.5) is 5.69 Å². The van der Waals surface area contributed by atoms with Gasteiger partial charge in [-0.15, -0.1) is 0 Å². The number of methoxy groups -OCH3 is 1. The molecule has 1 fully saturated rings. The van der Waals surface area contributed by atoms with Crippen LogP contribution in [0.3, 0.4) is 0 Å². The van der Waals surface area contributed by atoms with Crippen molar-refractivity contribution in [3.63, 3.8) is 0 Å². The van der Waals surface area contributed by atoms with E-state index in [9.17, 15) is 4.79 Å². The van der Waals surface area contributed by atoms with Gasteiger partial charge in [0, 0.05) is 39.8 Å². The quantitative estimate of drug-likeness (QED) is 0.391. The predicted octanol–water partition coefficient (Wildman–Crippen LogP) is 4.13. The predicted molar refractivity (Wildman–Crippen MR) is 121 cm³/mol. The van der Waals surface area contributed by atoms with E-state index in [1.807, 2.05) is 32.0 Å². The van der Waals surface area contributed by atoms with E-state index >= 15 is 0 Å². The average Bonchev–Trinajstić information content (AvgIpc) is 3.16. The number of carbonyl (C=O) groups is 1. The van der Waals surface area contributed by atoms with Crippen LogP contribution in [0.1, 0.15) is 51.0 Å². The molecule has 1 saturated carbocycles. The van der Waals surface area contributed by atoms with Crippen LogP contribution in [0.25, 0.3) is 0 Å². The smallest absolute Gasteiger partial charge is 0.226 e. The molecule has 0 atom stereocenters. The molecule has 0 aliphatic heterocycles. The third kappa shape index (κ3) is 7.86. The monoisotopic (exact) mass is 422 g/mol. The van der Waals surface area contributed by atoms with Gasteiger partial charge in [0.15, 0.2) is 5.96 Å². The summed E-state index contributed by atoms with van der Waals surface area (Å²) in [6.07, 6.45) is 6.34. The van der Waals surface area contributed by atoms with Crippen LogP contribution in [-0.2, 0) is 9.53 Å². The first-order valence-electron chi connectivity index (χ1n) is 10.5. The van der Waals surface area contributed by atoms with Gasteiger partial charge in [-0.25, -0.2) is 0 Å². The fourth-order valence-electron chi connectivity index (χ4n) is 3.75. The van der Waals surface area contributed by atoms with Crippen LogP contribution in [0.15, 0.2) is 23.2 Å². The van der Waals surface area contributed by atoms with E-state index in [4.69, 9.17) is 21.3 Å². The summed E-state index contributed by atoms with van der Waals surface area (Å²) in [4.78, 5) is 17.1. The minimum Gasteiger partial charge on any atom is -0.385 e. The van der Waals surface area contributed by atoms with Gasteiger partial charge >= 0.3 is 0 Å². The molecule has 7 heteroatoms. The number of nitrogens with one attached hydrogen (secondary N) is 3. The van der Waals surface area contributed by atoms with E-state index < -0.39 is 0 Å². The Kier molecular flexibility index (Phi) is 9.74. The Morgan fingerprint density at radius 3 is 2.69 bits per heavy atom. The van der Waals surface area contributed by atoms with Crippen molar-refractivity contribution in [3.05, 3.63) is 28.8 Å². The third-order valence-corrected chi connectivity index (χ3v) is 5.77. The molecule has 1 aliphatic carbocycles. The van der Waals surface area contributed by atoms with E-state index in [-0.39, 0.29) is 11.3 Å². The van der Waals surface area contributed by atoms with Crippen molar-refractivity contribution in [2.45, 2.75) is 52.4 Å². The molecular formula is C22H35ClN4O2. The van der Waals surface area contributed by atoms with E-state index in [1.54, 1.807) is 7.11 Å². The molecule has 1 aromatic carbocycles. The second-order valence-electron chi connectivity index (χ2n) is 7.85. The largest absolute Gasteiger partial charge is 0.385 e. The maximum Gasteiger partial charge on any atom is 0.226 e. The summed E-state index contributed by atoms with van der Waals surface area (Å²) in [7, 11) is 1.76. The topological polar surface area (TPSA) is 74.8 Å². The van der Waals surface area contributed by atoms with Crippen molar-refractivity contribution in [2.75, 3.05) is 38.7 Å². The van der Waals surface area contributed by atoms with Gasteiger partial charge in [-0.1, -0.05) is 30.5 Å². The Hall–Kier alpha value is -1.79. The summed E-state index contributed by atoms with van der Waals surface area (Å²) in [5.41, 5.74) is 1.95. The van der Waals surface area contributed by atoms with Gasteiger partial charge in [-0.2, -0.15) is 0 Å². The first kappa shape index (κ1) is 23.5. The molecular weight excluding hydrogens is 388 g/mol. The number of benzene rings is 1. The number of guanidine groups is 1. The number of anilines is 1. The van der Waals surface area contributed by atoms with Gasteiger partial charge in [-0.05, 0) is 56.2 Å². The number of rotatable bonds is 10. The van der Waals surface area contributed by atoms with Crippen molar-refractivity contribution in [1.29, 1.82) is 0 Å². The zero-order valence-corrected chi connectivity index (χ0v) is 18.7. The molecule has 0 aromatic heterocycles. The number of aliphatic imine (C=N–C) groups is 1. The summed E-state index contributed by atoms with van der Waals surface area (Å²) >= 11 is 6.18. The minimum atomic E-state index is -0.0774. The average molecular weight is 423 g/mol. The second kappa shape index (κ2) is 12.0. The molecule has 0 saturated heterocycles. The molecule has 162 valence electrons. The summed E-state index contributed by atoms with van der Waals surface area (Å²) < 4.78 is 5.30. The van der Waals surface area contributed by atoms with Gasteiger partial charge in [0.25, 0.3) is 0 Å². The number of hydrogen-bond acceptors (Lipinski definition) is 3. The lowest BCUT2D eigenvalue weighted by molar-refractivity contribution is -0.116. The van der Waals surface area contributed by atoms with Crippen molar-refractivity contribution >= 4 is 29.2 Å². The molecule has 29 heavy (non-hydrogen) atoms. The number of carbonyl (C=O) groups excluding carboxylic acids is 1. The van der Waals surface area contributed by atoms with Crippen LogP contribution < -0.4 is 16.0 Å². The van der Waals surface area contributed by atoms with E-state index in [0.717, 1.165) is 37.6 Å². The standard InChI is InChI=1S/C22H35ClN4O2/c1-4-24-21(26-16-22(12-14-29-3)10-5-6-11-22)25-13-9-20(28)27-19-8-7-17(2)15-18(19)23/h7-8,15H,4-6,9-14,16H2,1-3H3,(H,27,28)(H2,24,25,26). The van der Waals surface area contributed by atoms with Crippen molar-refractivity contribution in [3.8, 4) is 0 Å². The fraction of sp³-hybridized carbons (Fsp3) is 0.636. The van der Waals surface area contributed by atoms with Crippen LogP contribution in [-0.4, -0.2) is 45.2 Å². The molecule has 0 bridgehead atoms. The van der Waals surface area contributed by atoms with E-state index in [0.29, 0.717) is 23.7 Å². The summed E-state index contributed by atoms with van der Waals surface area (Å²) in [5, 5.41) is 9.96. The van der Waals surface area contributed by atoms with Gasteiger partial charge < -0.3 is 20.7 Å². The minimum absolute atomic E-state index is 0.0774. The second-order valence-corrected chi connectivity index (χ2v) is 8.26. The number of amides is 1. The molecule has 6 nitrogen and oxygen atoms in total. The van der Waals surface area contributed by atoms with Crippen LogP contribution >= 0.6 is 11.6 Å². The van der Waals surface area contributed by atoms with Gasteiger partial charge in [0.05, 0.1) is 10.7 Å². The third-order valence-electron chi connectivity index (χ3n) is 5.46. The number of aryl methyl sites for hydroxylation is 1. The Bertz CT molecular complexity index is 687. The van der Waals surface area contributed by atoms with Gasteiger partial charge in [0.2, 0.25) is 5.91 Å².